The summed E-state index contributed by atoms with van der Waals surface area (Å²) in [5, 5.41) is 10.7. The molecule has 1 heterocycles. The molecule has 3 aromatic rings. The van der Waals surface area contributed by atoms with E-state index >= 15 is 0 Å². The van der Waals surface area contributed by atoms with Crippen LogP contribution in [0.2, 0.25) is 5.02 Å². The number of halogens is 1. The minimum Gasteiger partial charge on any atom is -0.302 e. The molecule has 0 saturated carbocycles. The molecule has 0 radical (unpaired) electrons. The van der Waals surface area contributed by atoms with Crippen LogP contribution in [0.3, 0.4) is 0 Å². The first-order chi connectivity index (χ1) is 13.3. The van der Waals surface area contributed by atoms with E-state index in [1.54, 1.807) is 0 Å². The summed E-state index contributed by atoms with van der Waals surface area (Å²) in [5.41, 5.74) is 2.44. The highest BCUT2D eigenvalue weighted by molar-refractivity contribution is 7.99. The lowest BCUT2D eigenvalue weighted by atomic mass is 10.1. The van der Waals surface area contributed by atoms with Gasteiger partial charge < -0.3 is 4.57 Å². The van der Waals surface area contributed by atoms with Gasteiger partial charge in [0.05, 0.1) is 0 Å². The molecule has 0 N–H and O–H groups in total. The Balaban J connectivity index is 1.60. The Morgan fingerprint density at radius 3 is 2.59 bits per heavy atom. The lowest BCUT2D eigenvalue weighted by Crippen LogP contribution is -2.03. The molecule has 0 fully saturated rings. The zero-order chi connectivity index (χ0) is 18.9. The van der Waals surface area contributed by atoms with Crippen molar-refractivity contribution in [2.24, 2.45) is 0 Å². The third-order valence-electron chi connectivity index (χ3n) is 4.47. The van der Waals surface area contributed by atoms with Gasteiger partial charge in [-0.05, 0) is 43.4 Å². The normalized spacial score (nSPS) is 11.0. The van der Waals surface area contributed by atoms with Crippen LogP contribution in [0.25, 0.3) is 11.4 Å². The number of aromatic nitrogens is 3. The van der Waals surface area contributed by atoms with E-state index in [1.807, 2.05) is 36.0 Å². The second-order valence-electron chi connectivity index (χ2n) is 6.61. The molecule has 0 aliphatic rings. The summed E-state index contributed by atoms with van der Waals surface area (Å²) in [5.74, 6) is 1.98. The number of nitrogens with zero attached hydrogens (tertiary/aromatic N) is 3. The molecule has 0 spiro atoms. The molecule has 27 heavy (non-hydrogen) atoms. The molecule has 0 bridgehead atoms. The van der Waals surface area contributed by atoms with Gasteiger partial charge in [0.1, 0.15) is 0 Å². The van der Waals surface area contributed by atoms with E-state index < -0.39 is 0 Å². The van der Waals surface area contributed by atoms with Crippen molar-refractivity contribution in [2.45, 2.75) is 50.7 Å². The molecule has 5 heteroatoms. The van der Waals surface area contributed by atoms with Gasteiger partial charge in [-0.25, -0.2) is 0 Å². The van der Waals surface area contributed by atoms with Gasteiger partial charge >= 0.3 is 0 Å². The fourth-order valence-corrected chi connectivity index (χ4v) is 4.15. The monoisotopic (exact) mass is 399 g/mol. The number of aryl methyl sites for hydroxylation is 1. The topological polar surface area (TPSA) is 30.7 Å². The first-order valence-electron chi connectivity index (χ1n) is 9.64. The molecule has 0 unspecified atom stereocenters. The maximum absolute atomic E-state index is 6.16. The minimum atomic E-state index is 0.729. The van der Waals surface area contributed by atoms with Gasteiger partial charge in [-0.2, -0.15) is 0 Å². The Morgan fingerprint density at radius 1 is 0.963 bits per heavy atom. The molecule has 0 aliphatic heterocycles. The zero-order valence-electron chi connectivity index (χ0n) is 15.8. The standard InChI is InChI=1S/C22H26ClN3S/c1-2-3-15-26-21(19-13-9-14-20(23)17-19)24-25-22(26)27-16-8-7-12-18-10-5-4-6-11-18/h4-6,9-11,13-14,17H,2-3,7-8,12,15-16H2,1H3. The van der Waals surface area contributed by atoms with E-state index in [1.165, 1.54) is 18.4 Å². The summed E-state index contributed by atoms with van der Waals surface area (Å²) in [7, 11) is 0. The molecule has 0 aliphatic carbocycles. The van der Waals surface area contributed by atoms with E-state index in [0.717, 1.165) is 53.1 Å². The van der Waals surface area contributed by atoms with Crippen molar-refractivity contribution in [3.63, 3.8) is 0 Å². The van der Waals surface area contributed by atoms with Crippen LogP contribution in [-0.4, -0.2) is 20.5 Å². The Kier molecular flexibility index (Phi) is 7.79. The largest absolute Gasteiger partial charge is 0.302 e. The van der Waals surface area contributed by atoms with Crippen molar-refractivity contribution in [2.75, 3.05) is 5.75 Å². The number of hydrogen-bond acceptors (Lipinski definition) is 3. The van der Waals surface area contributed by atoms with Gasteiger partial charge in [0.15, 0.2) is 11.0 Å². The van der Waals surface area contributed by atoms with Crippen LogP contribution >= 0.6 is 23.4 Å². The SMILES string of the molecule is CCCCn1c(SCCCCc2ccccc2)nnc1-c1cccc(Cl)c1. The summed E-state index contributed by atoms with van der Waals surface area (Å²) in [4.78, 5) is 0. The van der Waals surface area contributed by atoms with Crippen molar-refractivity contribution in [3.05, 3.63) is 65.2 Å². The van der Waals surface area contributed by atoms with Gasteiger partial charge in [-0.3, -0.25) is 0 Å². The van der Waals surface area contributed by atoms with E-state index in [0.29, 0.717) is 0 Å². The first-order valence-corrected chi connectivity index (χ1v) is 11.0. The molecule has 0 saturated heterocycles. The lowest BCUT2D eigenvalue weighted by molar-refractivity contribution is 0.591. The third kappa shape index (κ3) is 5.85. The molecule has 2 aromatic carbocycles. The van der Waals surface area contributed by atoms with E-state index in [4.69, 9.17) is 11.6 Å². The van der Waals surface area contributed by atoms with E-state index in [-0.39, 0.29) is 0 Å². The highest BCUT2D eigenvalue weighted by Crippen LogP contribution is 2.27. The van der Waals surface area contributed by atoms with Crippen molar-refractivity contribution < 1.29 is 0 Å². The zero-order valence-corrected chi connectivity index (χ0v) is 17.3. The van der Waals surface area contributed by atoms with Gasteiger partial charge in [-0.15, -0.1) is 10.2 Å². The predicted molar refractivity (Wildman–Crippen MR) is 115 cm³/mol. The Labute approximate surface area is 171 Å². The molecular formula is C22H26ClN3S. The number of rotatable bonds is 10. The second-order valence-corrected chi connectivity index (χ2v) is 8.11. The molecule has 0 atom stereocenters. The molecule has 1 aromatic heterocycles. The summed E-state index contributed by atoms with van der Waals surface area (Å²) in [6.07, 6.45) is 5.77. The van der Waals surface area contributed by atoms with E-state index in [2.05, 4.69) is 52.0 Å². The predicted octanol–water partition coefficient (Wildman–Crippen LogP) is 6.51. The number of thioether (sulfide) groups is 1. The molecule has 142 valence electrons. The molecule has 0 amide bonds. The van der Waals surface area contributed by atoms with Crippen LogP contribution in [0.5, 0.6) is 0 Å². The maximum Gasteiger partial charge on any atom is 0.191 e. The Bertz CT molecular complexity index is 833. The summed E-state index contributed by atoms with van der Waals surface area (Å²) < 4.78 is 2.25. The summed E-state index contributed by atoms with van der Waals surface area (Å²) in [6.45, 7) is 3.15. The first kappa shape index (κ1) is 20.0. The maximum atomic E-state index is 6.16. The third-order valence-corrected chi connectivity index (χ3v) is 5.76. The molecule has 3 rings (SSSR count). The molecular weight excluding hydrogens is 374 g/mol. The van der Waals surface area contributed by atoms with Crippen molar-refractivity contribution in [1.82, 2.24) is 14.8 Å². The van der Waals surface area contributed by atoms with Gasteiger partial charge in [0.25, 0.3) is 0 Å². The van der Waals surface area contributed by atoms with Crippen LogP contribution in [0, 0.1) is 0 Å². The highest BCUT2D eigenvalue weighted by Gasteiger charge is 2.14. The van der Waals surface area contributed by atoms with Crippen LogP contribution in [0.1, 0.15) is 38.2 Å². The fraction of sp³-hybridized carbons (Fsp3) is 0.364. The smallest absolute Gasteiger partial charge is 0.191 e. The Hall–Kier alpha value is -1.78. The van der Waals surface area contributed by atoms with Gasteiger partial charge in [-0.1, -0.05) is 79.2 Å². The number of hydrogen-bond donors (Lipinski definition) is 0. The van der Waals surface area contributed by atoms with Crippen molar-refractivity contribution in [1.29, 1.82) is 0 Å². The van der Waals surface area contributed by atoms with Crippen LogP contribution < -0.4 is 0 Å². The van der Waals surface area contributed by atoms with Crippen molar-refractivity contribution in [3.8, 4) is 11.4 Å². The Morgan fingerprint density at radius 2 is 1.81 bits per heavy atom. The molecule has 3 nitrogen and oxygen atoms in total. The van der Waals surface area contributed by atoms with Gasteiger partial charge in [0.2, 0.25) is 0 Å². The van der Waals surface area contributed by atoms with E-state index in [9.17, 15) is 0 Å². The highest BCUT2D eigenvalue weighted by atomic mass is 35.5. The van der Waals surface area contributed by atoms with Crippen LogP contribution in [0.15, 0.2) is 59.8 Å². The minimum absolute atomic E-state index is 0.729. The summed E-state index contributed by atoms with van der Waals surface area (Å²) >= 11 is 7.97. The van der Waals surface area contributed by atoms with Crippen LogP contribution in [0.4, 0.5) is 0 Å². The number of unbranched alkanes of at least 4 members (excludes halogenated alkanes) is 2. The summed E-state index contributed by atoms with van der Waals surface area (Å²) in [6, 6.07) is 18.6. The quantitative estimate of drug-likeness (QED) is 0.287. The number of benzene rings is 2. The van der Waals surface area contributed by atoms with Crippen LogP contribution in [-0.2, 0) is 13.0 Å². The van der Waals surface area contributed by atoms with Crippen molar-refractivity contribution >= 4 is 23.4 Å². The lowest BCUT2D eigenvalue weighted by Gasteiger charge is -2.10. The average Bonchev–Trinajstić information content (AvgIpc) is 3.09. The second kappa shape index (κ2) is 10.5. The van der Waals surface area contributed by atoms with Gasteiger partial charge in [0, 0.05) is 22.9 Å². The average molecular weight is 400 g/mol. The fourth-order valence-electron chi connectivity index (χ4n) is 2.99.